The van der Waals surface area contributed by atoms with Gasteiger partial charge in [0.25, 0.3) is 5.91 Å². The lowest BCUT2D eigenvalue weighted by atomic mass is 10.1. The number of benzene rings is 1. The van der Waals surface area contributed by atoms with E-state index in [9.17, 15) is 9.90 Å². The largest absolute Gasteiger partial charge is 0.391 e. The normalized spacial score (nSPS) is 17.8. The Bertz CT molecular complexity index is 726. The molecule has 0 radical (unpaired) electrons. The number of rotatable bonds is 5. The minimum Gasteiger partial charge on any atom is -0.391 e. The number of hydrogen-bond donors (Lipinski definition) is 2. The second-order valence-corrected chi connectivity index (χ2v) is 6.83. The quantitative estimate of drug-likeness (QED) is 0.876. The molecule has 1 aliphatic heterocycles. The van der Waals surface area contributed by atoms with E-state index in [2.05, 4.69) is 28.7 Å². The van der Waals surface area contributed by atoms with Crippen molar-refractivity contribution in [3.05, 3.63) is 48.0 Å². The van der Waals surface area contributed by atoms with Gasteiger partial charge in [0, 0.05) is 42.8 Å². The maximum atomic E-state index is 12.6. The highest BCUT2D eigenvalue weighted by atomic mass is 16.3. The summed E-state index contributed by atoms with van der Waals surface area (Å²) in [7, 11) is 0. The zero-order chi connectivity index (χ0) is 17.8. The van der Waals surface area contributed by atoms with Gasteiger partial charge in [0.1, 0.15) is 5.82 Å². The molecule has 0 aliphatic carbocycles. The number of carbonyl (C=O) groups is 1. The molecule has 3 rings (SSSR count). The van der Waals surface area contributed by atoms with Crippen LogP contribution in [0.2, 0.25) is 0 Å². The van der Waals surface area contributed by atoms with Gasteiger partial charge in [0.15, 0.2) is 0 Å². The van der Waals surface area contributed by atoms with Crippen molar-refractivity contribution in [3.8, 4) is 0 Å². The molecule has 2 heterocycles. The molecule has 0 saturated carbocycles. The summed E-state index contributed by atoms with van der Waals surface area (Å²) in [4.78, 5) is 18.8. The number of aromatic nitrogens is 2. The number of piperidine rings is 1. The molecule has 1 amide bonds. The second-order valence-electron chi connectivity index (χ2n) is 6.83. The van der Waals surface area contributed by atoms with E-state index in [4.69, 9.17) is 0 Å². The number of aliphatic hydroxyl groups excluding tert-OH is 1. The van der Waals surface area contributed by atoms with E-state index in [0.29, 0.717) is 31.2 Å². The Balaban J connectivity index is 1.67. The Morgan fingerprint density at radius 2 is 2.28 bits per heavy atom. The Morgan fingerprint density at radius 1 is 1.44 bits per heavy atom. The van der Waals surface area contributed by atoms with E-state index in [-0.39, 0.29) is 5.91 Å². The Labute approximate surface area is 148 Å². The highest BCUT2D eigenvalue weighted by Crippen LogP contribution is 2.17. The van der Waals surface area contributed by atoms with Crippen LogP contribution in [0.4, 0.5) is 5.69 Å². The average molecular weight is 342 g/mol. The number of β-amino-alcohol motifs (C(OH)–C–C–N with tert-alkyl or cyclic N) is 1. The van der Waals surface area contributed by atoms with Crippen LogP contribution in [-0.2, 0) is 6.54 Å². The van der Waals surface area contributed by atoms with Crippen molar-refractivity contribution in [3.63, 3.8) is 0 Å². The molecular weight excluding hydrogens is 316 g/mol. The fraction of sp³-hybridized carbons (Fsp3) is 0.474. The summed E-state index contributed by atoms with van der Waals surface area (Å²) in [5.41, 5.74) is 1.54. The first-order chi connectivity index (χ1) is 12.0. The van der Waals surface area contributed by atoms with Crippen molar-refractivity contribution in [2.45, 2.75) is 45.4 Å². The van der Waals surface area contributed by atoms with Crippen molar-refractivity contribution in [1.29, 1.82) is 0 Å². The molecule has 6 nitrogen and oxygen atoms in total. The lowest BCUT2D eigenvalue weighted by Crippen LogP contribution is -2.42. The molecule has 25 heavy (non-hydrogen) atoms. The first-order valence-corrected chi connectivity index (χ1v) is 8.87. The maximum Gasteiger partial charge on any atom is 0.254 e. The van der Waals surface area contributed by atoms with Crippen LogP contribution in [0, 0.1) is 0 Å². The van der Waals surface area contributed by atoms with Gasteiger partial charge in [-0.3, -0.25) is 4.79 Å². The maximum absolute atomic E-state index is 12.6. The molecule has 1 aromatic carbocycles. The highest BCUT2D eigenvalue weighted by Gasteiger charge is 2.23. The van der Waals surface area contributed by atoms with Gasteiger partial charge in [0.05, 0.1) is 12.6 Å². The van der Waals surface area contributed by atoms with E-state index in [1.807, 2.05) is 30.5 Å². The second kappa shape index (κ2) is 7.70. The van der Waals surface area contributed by atoms with E-state index in [1.54, 1.807) is 11.1 Å². The lowest BCUT2D eigenvalue weighted by Gasteiger charge is -2.30. The first-order valence-electron chi connectivity index (χ1n) is 8.87. The standard InChI is InChI=1S/C19H26N4O2/c1-14(2)23-10-8-20-18(23)12-21-16-6-3-5-15(11-16)19(25)22-9-4-7-17(24)13-22/h3,5-6,8,10-11,14,17,21,24H,4,7,9,12-13H2,1-2H3/t17-/m1/s1. The van der Waals surface area contributed by atoms with Crippen molar-refractivity contribution in [1.82, 2.24) is 14.5 Å². The van der Waals surface area contributed by atoms with Gasteiger partial charge < -0.3 is 19.9 Å². The van der Waals surface area contributed by atoms with E-state index < -0.39 is 6.10 Å². The van der Waals surface area contributed by atoms with Gasteiger partial charge >= 0.3 is 0 Å². The summed E-state index contributed by atoms with van der Waals surface area (Å²) in [5, 5.41) is 13.1. The van der Waals surface area contributed by atoms with Crippen molar-refractivity contribution in [2.75, 3.05) is 18.4 Å². The van der Waals surface area contributed by atoms with E-state index >= 15 is 0 Å². The van der Waals surface area contributed by atoms with Gasteiger partial charge in [-0.15, -0.1) is 0 Å². The highest BCUT2D eigenvalue weighted by molar-refractivity contribution is 5.95. The van der Waals surface area contributed by atoms with Crippen LogP contribution in [0.25, 0.3) is 0 Å². The third-order valence-corrected chi connectivity index (χ3v) is 4.55. The topological polar surface area (TPSA) is 70.4 Å². The van der Waals surface area contributed by atoms with Gasteiger partial charge in [-0.2, -0.15) is 0 Å². The summed E-state index contributed by atoms with van der Waals surface area (Å²) in [6.45, 7) is 5.97. The molecule has 0 spiro atoms. The van der Waals surface area contributed by atoms with Crippen molar-refractivity contribution < 1.29 is 9.90 Å². The monoisotopic (exact) mass is 342 g/mol. The first kappa shape index (κ1) is 17.5. The molecule has 1 aliphatic rings. The fourth-order valence-corrected chi connectivity index (χ4v) is 3.22. The third kappa shape index (κ3) is 4.20. The van der Waals surface area contributed by atoms with Crippen LogP contribution in [0.3, 0.4) is 0 Å². The number of nitrogens with zero attached hydrogens (tertiary/aromatic N) is 3. The van der Waals surface area contributed by atoms with Crippen molar-refractivity contribution in [2.24, 2.45) is 0 Å². The Morgan fingerprint density at radius 3 is 3.04 bits per heavy atom. The predicted octanol–water partition coefficient (Wildman–Crippen LogP) is 2.67. The SMILES string of the molecule is CC(C)n1ccnc1CNc1cccc(C(=O)N2CCC[C@@H](O)C2)c1. The lowest BCUT2D eigenvalue weighted by molar-refractivity contribution is 0.0474. The van der Waals surface area contributed by atoms with E-state index in [1.165, 1.54) is 0 Å². The molecule has 6 heteroatoms. The Kier molecular flexibility index (Phi) is 5.38. The summed E-state index contributed by atoms with van der Waals surface area (Å²) < 4.78 is 2.12. The number of anilines is 1. The fourth-order valence-electron chi connectivity index (χ4n) is 3.22. The average Bonchev–Trinajstić information content (AvgIpc) is 3.08. The van der Waals surface area contributed by atoms with E-state index in [0.717, 1.165) is 24.4 Å². The van der Waals surface area contributed by atoms with Crippen LogP contribution >= 0.6 is 0 Å². The van der Waals surface area contributed by atoms with Crippen LogP contribution < -0.4 is 5.32 Å². The number of imidazole rings is 1. The van der Waals surface area contributed by atoms with Crippen LogP contribution in [-0.4, -0.2) is 44.7 Å². The molecule has 0 unspecified atom stereocenters. The predicted molar refractivity (Wildman–Crippen MR) is 97.5 cm³/mol. The molecule has 134 valence electrons. The number of likely N-dealkylation sites (tertiary alicyclic amines) is 1. The molecule has 1 saturated heterocycles. The number of amides is 1. The van der Waals surface area contributed by atoms with Crippen LogP contribution in [0.15, 0.2) is 36.7 Å². The molecule has 1 aromatic heterocycles. The number of nitrogens with one attached hydrogen (secondary N) is 1. The third-order valence-electron chi connectivity index (χ3n) is 4.55. The van der Waals surface area contributed by atoms with Gasteiger partial charge in [-0.25, -0.2) is 4.98 Å². The molecular formula is C19H26N4O2. The van der Waals surface area contributed by atoms with Crippen LogP contribution in [0.5, 0.6) is 0 Å². The number of aliphatic hydroxyl groups is 1. The minimum atomic E-state index is -0.408. The summed E-state index contributed by atoms with van der Waals surface area (Å²) in [5.74, 6) is 0.942. The molecule has 1 fully saturated rings. The van der Waals surface area contributed by atoms with Gasteiger partial charge in [-0.05, 0) is 44.9 Å². The molecule has 1 atom stereocenters. The van der Waals surface area contributed by atoms with Crippen molar-refractivity contribution >= 4 is 11.6 Å². The zero-order valence-electron chi connectivity index (χ0n) is 14.9. The summed E-state index contributed by atoms with van der Waals surface area (Å²) in [6.07, 6.45) is 4.99. The smallest absolute Gasteiger partial charge is 0.254 e. The molecule has 2 N–H and O–H groups in total. The molecule has 0 bridgehead atoms. The summed E-state index contributed by atoms with van der Waals surface area (Å²) >= 11 is 0. The summed E-state index contributed by atoms with van der Waals surface area (Å²) in [6, 6.07) is 7.88. The zero-order valence-corrected chi connectivity index (χ0v) is 14.9. The molecule has 2 aromatic rings. The Hall–Kier alpha value is -2.34. The number of carbonyl (C=O) groups excluding carboxylic acids is 1. The van der Waals surface area contributed by atoms with Gasteiger partial charge in [0.2, 0.25) is 0 Å². The van der Waals surface area contributed by atoms with Crippen LogP contribution in [0.1, 0.15) is 48.9 Å². The number of hydrogen-bond acceptors (Lipinski definition) is 4. The minimum absolute atomic E-state index is 0.0221. The van der Waals surface area contributed by atoms with Gasteiger partial charge in [-0.1, -0.05) is 6.07 Å².